The Balaban J connectivity index is 1.89. The minimum absolute atomic E-state index is 0.0985. The number of furan rings is 1. The third kappa shape index (κ3) is 3.85. The van der Waals surface area contributed by atoms with Gasteiger partial charge in [0.1, 0.15) is 11.3 Å². The molecule has 0 aliphatic carbocycles. The third-order valence-electron chi connectivity index (χ3n) is 2.80. The van der Waals surface area contributed by atoms with Crippen molar-refractivity contribution in [2.24, 2.45) is 0 Å². The first-order valence-electron chi connectivity index (χ1n) is 6.45. The number of benzene rings is 1. The van der Waals surface area contributed by atoms with Crippen LogP contribution in [0.15, 0.2) is 34.7 Å². The Kier molecular flexibility index (Phi) is 4.40. The first-order valence-corrected chi connectivity index (χ1v) is 6.45. The lowest BCUT2D eigenvalue weighted by atomic mass is 10.2. The average Bonchev–Trinajstić information content (AvgIpc) is 2.78. The summed E-state index contributed by atoms with van der Waals surface area (Å²) in [7, 11) is 0. The Morgan fingerprint density at radius 2 is 2.10 bits per heavy atom. The van der Waals surface area contributed by atoms with Gasteiger partial charge in [-0.3, -0.25) is 9.59 Å². The highest BCUT2D eigenvalue weighted by Crippen LogP contribution is 2.19. The van der Waals surface area contributed by atoms with Crippen LogP contribution in [0, 0.1) is 0 Å². The van der Waals surface area contributed by atoms with Crippen molar-refractivity contribution in [1.82, 2.24) is 5.32 Å². The summed E-state index contributed by atoms with van der Waals surface area (Å²) in [6.45, 7) is 2.89. The SMILES string of the molecule is CC(=O)OCC(=O)N[C@H](C)Cc1cc2ccccc2o1. The zero-order chi connectivity index (χ0) is 14.5. The number of esters is 1. The zero-order valence-corrected chi connectivity index (χ0v) is 11.5. The summed E-state index contributed by atoms with van der Waals surface area (Å²) in [6, 6.07) is 9.61. The summed E-state index contributed by atoms with van der Waals surface area (Å²) in [5.74, 6) is 0.0281. The van der Waals surface area contributed by atoms with E-state index < -0.39 is 5.97 Å². The highest BCUT2D eigenvalue weighted by Gasteiger charge is 2.12. The molecule has 20 heavy (non-hydrogen) atoms. The van der Waals surface area contributed by atoms with E-state index in [1.807, 2.05) is 37.3 Å². The second-order valence-electron chi connectivity index (χ2n) is 4.70. The molecule has 106 valence electrons. The molecule has 0 unspecified atom stereocenters. The van der Waals surface area contributed by atoms with Gasteiger partial charge in [0.25, 0.3) is 5.91 Å². The Morgan fingerprint density at radius 1 is 1.35 bits per heavy atom. The number of hydrogen-bond acceptors (Lipinski definition) is 4. The molecular formula is C15H17NO4. The zero-order valence-electron chi connectivity index (χ0n) is 11.5. The van der Waals surface area contributed by atoms with Gasteiger partial charge in [-0.2, -0.15) is 0 Å². The predicted molar refractivity (Wildman–Crippen MR) is 74.2 cm³/mol. The minimum atomic E-state index is -0.468. The maximum absolute atomic E-state index is 11.5. The number of fused-ring (bicyclic) bond motifs is 1. The van der Waals surface area contributed by atoms with Crippen molar-refractivity contribution in [3.63, 3.8) is 0 Å². The standard InChI is InChI=1S/C15H17NO4/c1-10(16-15(18)9-19-11(2)17)7-13-8-12-5-3-4-6-14(12)20-13/h3-6,8,10H,7,9H2,1-2H3,(H,16,18)/t10-/m1/s1. The smallest absolute Gasteiger partial charge is 0.303 e. The summed E-state index contributed by atoms with van der Waals surface area (Å²) < 4.78 is 10.3. The summed E-state index contributed by atoms with van der Waals surface area (Å²) in [6.07, 6.45) is 0.584. The van der Waals surface area contributed by atoms with Crippen molar-refractivity contribution in [3.8, 4) is 0 Å². The molecule has 1 aromatic carbocycles. The van der Waals surface area contributed by atoms with Crippen molar-refractivity contribution in [2.45, 2.75) is 26.3 Å². The molecule has 2 rings (SSSR count). The van der Waals surface area contributed by atoms with Gasteiger partial charge in [0.05, 0.1) is 0 Å². The monoisotopic (exact) mass is 275 g/mol. The molecule has 0 aliphatic rings. The highest BCUT2D eigenvalue weighted by molar-refractivity contribution is 5.80. The van der Waals surface area contributed by atoms with Crippen LogP contribution in [0.2, 0.25) is 0 Å². The minimum Gasteiger partial charge on any atom is -0.461 e. The maximum Gasteiger partial charge on any atom is 0.303 e. The van der Waals surface area contributed by atoms with E-state index in [-0.39, 0.29) is 18.6 Å². The fourth-order valence-corrected chi connectivity index (χ4v) is 1.97. The fraction of sp³-hybridized carbons (Fsp3) is 0.333. The van der Waals surface area contributed by atoms with Crippen LogP contribution in [0.4, 0.5) is 0 Å². The van der Waals surface area contributed by atoms with Gasteiger partial charge in [-0.15, -0.1) is 0 Å². The van der Waals surface area contributed by atoms with Crippen LogP contribution >= 0.6 is 0 Å². The second-order valence-corrected chi connectivity index (χ2v) is 4.70. The normalized spacial score (nSPS) is 12.1. The van der Waals surface area contributed by atoms with E-state index in [4.69, 9.17) is 4.42 Å². The van der Waals surface area contributed by atoms with Crippen molar-refractivity contribution in [3.05, 3.63) is 36.1 Å². The van der Waals surface area contributed by atoms with Crippen LogP contribution < -0.4 is 5.32 Å². The number of carbonyl (C=O) groups excluding carboxylic acids is 2. The number of hydrogen-bond donors (Lipinski definition) is 1. The van der Waals surface area contributed by atoms with Crippen molar-refractivity contribution in [1.29, 1.82) is 0 Å². The average molecular weight is 275 g/mol. The molecule has 0 aliphatic heterocycles. The van der Waals surface area contributed by atoms with Gasteiger partial charge in [-0.05, 0) is 19.1 Å². The Morgan fingerprint density at radius 3 is 2.80 bits per heavy atom. The third-order valence-corrected chi connectivity index (χ3v) is 2.80. The highest BCUT2D eigenvalue weighted by atomic mass is 16.5. The van der Waals surface area contributed by atoms with Crippen LogP contribution in [0.25, 0.3) is 11.0 Å². The molecule has 0 saturated heterocycles. The van der Waals surface area contributed by atoms with E-state index in [1.165, 1.54) is 6.92 Å². The van der Waals surface area contributed by atoms with Crippen LogP contribution in [0.5, 0.6) is 0 Å². The molecule has 1 atom stereocenters. The Bertz CT molecular complexity index is 584. The largest absolute Gasteiger partial charge is 0.461 e. The maximum atomic E-state index is 11.5. The predicted octanol–water partition coefficient (Wildman–Crippen LogP) is 2.04. The van der Waals surface area contributed by atoms with Gasteiger partial charge >= 0.3 is 5.97 Å². The summed E-state index contributed by atoms with van der Waals surface area (Å²) in [5, 5.41) is 3.79. The lowest BCUT2D eigenvalue weighted by Gasteiger charge is -2.12. The van der Waals surface area contributed by atoms with Gasteiger partial charge in [0.2, 0.25) is 0 Å². The van der Waals surface area contributed by atoms with E-state index in [2.05, 4.69) is 10.1 Å². The Labute approximate surface area is 116 Å². The molecule has 5 nitrogen and oxygen atoms in total. The fourth-order valence-electron chi connectivity index (χ4n) is 1.97. The Hall–Kier alpha value is -2.30. The lowest BCUT2D eigenvalue weighted by Crippen LogP contribution is -2.36. The number of amides is 1. The molecule has 0 bridgehead atoms. The van der Waals surface area contributed by atoms with E-state index in [1.54, 1.807) is 0 Å². The van der Waals surface area contributed by atoms with Crippen molar-refractivity contribution in [2.75, 3.05) is 6.61 Å². The van der Waals surface area contributed by atoms with E-state index in [9.17, 15) is 9.59 Å². The van der Waals surface area contributed by atoms with Gasteiger partial charge in [-0.25, -0.2) is 0 Å². The van der Waals surface area contributed by atoms with Gasteiger partial charge < -0.3 is 14.5 Å². The van der Waals surface area contributed by atoms with E-state index in [0.717, 1.165) is 16.7 Å². The topological polar surface area (TPSA) is 68.5 Å². The number of nitrogens with one attached hydrogen (secondary N) is 1. The first kappa shape index (κ1) is 14.1. The number of rotatable bonds is 5. The molecule has 0 fully saturated rings. The number of ether oxygens (including phenoxy) is 1. The van der Waals surface area contributed by atoms with Gasteiger partial charge in [0, 0.05) is 24.8 Å². The molecule has 1 amide bonds. The first-order chi connectivity index (χ1) is 9.54. The van der Waals surface area contributed by atoms with Crippen molar-refractivity contribution < 1.29 is 18.7 Å². The molecule has 1 N–H and O–H groups in total. The summed E-state index contributed by atoms with van der Waals surface area (Å²) >= 11 is 0. The molecular weight excluding hydrogens is 258 g/mol. The number of carbonyl (C=O) groups is 2. The van der Waals surface area contributed by atoms with Gasteiger partial charge in [0.15, 0.2) is 6.61 Å². The molecule has 0 spiro atoms. The van der Waals surface area contributed by atoms with Crippen LogP contribution in [-0.2, 0) is 20.7 Å². The molecule has 2 aromatic rings. The van der Waals surface area contributed by atoms with Gasteiger partial charge in [-0.1, -0.05) is 18.2 Å². The molecule has 0 radical (unpaired) electrons. The second kappa shape index (κ2) is 6.23. The molecule has 0 saturated carbocycles. The van der Waals surface area contributed by atoms with Crippen LogP contribution in [0.3, 0.4) is 0 Å². The summed E-state index contributed by atoms with van der Waals surface area (Å²) in [5.41, 5.74) is 0.834. The summed E-state index contributed by atoms with van der Waals surface area (Å²) in [4.78, 5) is 22.1. The molecule has 1 heterocycles. The lowest BCUT2D eigenvalue weighted by molar-refractivity contribution is -0.146. The molecule has 5 heteroatoms. The molecule has 1 aromatic heterocycles. The quantitative estimate of drug-likeness (QED) is 0.848. The van der Waals surface area contributed by atoms with E-state index >= 15 is 0 Å². The number of para-hydroxylation sites is 1. The van der Waals surface area contributed by atoms with E-state index in [0.29, 0.717) is 6.42 Å². The van der Waals surface area contributed by atoms with Crippen LogP contribution in [0.1, 0.15) is 19.6 Å². The van der Waals surface area contributed by atoms with Crippen molar-refractivity contribution >= 4 is 22.8 Å². The van der Waals surface area contributed by atoms with Crippen LogP contribution in [-0.4, -0.2) is 24.5 Å².